The van der Waals surface area contributed by atoms with E-state index < -0.39 is 5.41 Å². The second-order valence-corrected chi connectivity index (χ2v) is 11.4. The van der Waals surface area contributed by atoms with Gasteiger partial charge in [0.2, 0.25) is 5.91 Å². The van der Waals surface area contributed by atoms with Crippen LogP contribution < -0.4 is 10.2 Å². The van der Waals surface area contributed by atoms with Gasteiger partial charge in [0.15, 0.2) is 10.8 Å². The minimum absolute atomic E-state index is 0.0987. The first-order valence-corrected chi connectivity index (χ1v) is 14.6. The summed E-state index contributed by atoms with van der Waals surface area (Å²) < 4.78 is 1.92. The van der Waals surface area contributed by atoms with Crippen molar-refractivity contribution in [3.05, 3.63) is 41.0 Å². The normalized spacial score (nSPS) is 17.6. The minimum atomic E-state index is -0.468. The predicted octanol–water partition coefficient (Wildman–Crippen LogP) is 5.60. The molecule has 192 valence electrons. The Morgan fingerprint density at radius 1 is 1.08 bits per heavy atom. The van der Waals surface area contributed by atoms with Crippen molar-refractivity contribution >= 4 is 46.1 Å². The molecule has 0 atom stereocenters. The smallest absolute Gasteiger partial charge is 0.230 e. The van der Waals surface area contributed by atoms with Gasteiger partial charge in [-0.2, -0.15) is 5.10 Å². The molecule has 5 rings (SSSR count). The van der Waals surface area contributed by atoms with Gasteiger partial charge in [0, 0.05) is 30.4 Å². The molecule has 1 saturated heterocycles. The van der Waals surface area contributed by atoms with Crippen molar-refractivity contribution < 1.29 is 4.79 Å². The number of fused-ring (bicyclic) bond motifs is 1. The van der Waals surface area contributed by atoms with Gasteiger partial charge in [0.1, 0.15) is 5.82 Å². The van der Waals surface area contributed by atoms with Gasteiger partial charge in [0.25, 0.3) is 0 Å². The molecule has 1 aliphatic heterocycles. The number of halogens is 1. The number of hydrogen-bond acceptors (Lipinski definition) is 6. The molecule has 3 aromatic rings. The fraction of sp³-hybridized carbons (Fsp3) is 0.556. The molecule has 0 bridgehead atoms. The summed E-state index contributed by atoms with van der Waals surface area (Å²) in [6, 6.07) is 7.77. The highest BCUT2D eigenvalue weighted by atomic mass is 35.5. The molecule has 2 fully saturated rings. The van der Waals surface area contributed by atoms with Crippen LogP contribution in [0.15, 0.2) is 35.6 Å². The molecule has 0 radical (unpaired) electrons. The SMILES string of the molecule is CCCSc1nc(N2CCCCC2)c2cnn(CCNC(=O)C3(c4ccc(Cl)cc4)CCCC3)c2n1. The molecular formula is C27H35ClN6OS. The molecule has 3 heterocycles. The van der Waals surface area contributed by atoms with E-state index in [0.29, 0.717) is 18.1 Å². The third-order valence-electron chi connectivity index (χ3n) is 7.44. The number of carbonyl (C=O) groups is 1. The molecule has 36 heavy (non-hydrogen) atoms. The Bertz CT molecular complexity index is 1180. The lowest BCUT2D eigenvalue weighted by molar-refractivity contribution is -0.126. The predicted molar refractivity (Wildman–Crippen MR) is 147 cm³/mol. The molecule has 1 N–H and O–H groups in total. The summed E-state index contributed by atoms with van der Waals surface area (Å²) in [7, 11) is 0. The van der Waals surface area contributed by atoms with Crippen LogP contribution in [-0.2, 0) is 16.8 Å². The Labute approximate surface area is 222 Å². The lowest BCUT2D eigenvalue weighted by Gasteiger charge is -2.28. The number of thioether (sulfide) groups is 1. The van der Waals surface area contributed by atoms with Crippen LogP contribution in [0, 0.1) is 0 Å². The zero-order chi connectivity index (χ0) is 25.0. The number of hydrogen-bond donors (Lipinski definition) is 1. The molecule has 1 amide bonds. The molecule has 1 aliphatic carbocycles. The molecule has 1 aromatic carbocycles. The van der Waals surface area contributed by atoms with E-state index in [1.165, 1.54) is 19.3 Å². The Hall–Kier alpha value is -2.32. The Balaban J connectivity index is 1.34. The maximum Gasteiger partial charge on any atom is 0.230 e. The number of anilines is 1. The molecule has 1 saturated carbocycles. The van der Waals surface area contributed by atoms with Crippen molar-refractivity contribution in [2.45, 2.75) is 75.4 Å². The molecule has 0 unspecified atom stereocenters. The third kappa shape index (κ3) is 5.21. The van der Waals surface area contributed by atoms with Crippen LogP contribution in [0.3, 0.4) is 0 Å². The van der Waals surface area contributed by atoms with Gasteiger partial charge in [-0.05, 0) is 56.2 Å². The van der Waals surface area contributed by atoms with Gasteiger partial charge >= 0.3 is 0 Å². The Morgan fingerprint density at radius 3 is 2.56 bits per heavy atom. The van der Waals surface area contributed by atoms with Crippen molar-refractivity contribution in [3.8, 4) is 0 Å². The van der Waals surface area contributed by atoms with E-state index in [1.807, 2.05) is 35.1 Å². The monoisotopic (exact) mass is 526 g/mol. The van der Waals surface area contributed by atoms with Gasteiger partial charge in [-0.15, -0.1) is 0 Å². The molecule has 2 aromatic heterocycles. The lowest BCUT2D eigenvalue weighted by Crippen LogP contribution is -2.43. The largest absolute Gasteiger partial charge is 0.356 e. The zero-order valence-corrected chi connectivity index (χ0v) is 22.6. The van der Waals surface area contributed by atoms with Crippen molar-refractivity contribution in [1.29, 1.82) is 0 Å². The van der Waals surface area contributed by atoms with E-state index in [9.17, 15) is 4.79 Å². The number of nitrogens with one attached hydrogen (secondary N) is 1. The Morgan fingerprint density at radius 2 is 1.83 bits per heavy atom. The highest BCUT2D eigenvalue weighted by Crippen LogP contribution is 2.41. The lowest BCUT2D eigenvalue weighted by atomic mass is 9.78. The van der Waals surface area contributed by atoms with E-state index in [0.717, 1.165) is 78.5 Å². The molecule has 2 aliphatic rings. The molecular weight excluding hydrogens is 492 g/mol. The fourth-order valence-corrected chi connectivity index (χ4v) is 6.34. The third-order valence-corrected chi connectivity index (χ3v) is 8.75. The summed E-state index contributed by atoms with van der Waals surface area (Å²) in [5.74, 6) is 2.09. The van der Waals surface area contributed by atoms with Crippen molar-refractivity contribution in [1.82, 2.24) is 25.1 Å². The van der Waals surface area contributed by atoms with Crippen LogP contribution in [0.25, 0.3) is 11.0 Å². The van der Waals surface area contributed by atoms with E-state index in [1.54, 1.807) is 11.8 Å². The number of benzene rings is 1. The van der Waals surface area contributed by atoms with Crippen molar-refractivity contribution in [2.24, 2.45) is 0 Å². The number of aromatic nitrogens is 4. The molecule has 7 nitrogen and oxygen atoms in total. The van der Waals surface area contributed by atoms with E-state index in [-0.39, 0.29) is 5.91 Å². The number of rotatable bonds is 9. The molecule has 0 spiro atoms. The quantitative estimate of drug-likeness (QED) is 0.289. The van der Waals surface area contributed by atoms with Crippen LogP contribution in [0.5, 0.6) is 0 Å². The maximum absolute atomic E-state index is 13.5. The average molecular weight is 527 g/mol. The summed E-state index contributed by atoms with van der Waals surface area (Å²) in [6.45, 7) is 5.30. The first-order valence-electron chi connectivity index (χ1n) is 13.3. The summed E-state index contributed by atoms with van der Waals surface area (Å²) in [4.78, 5) is 25.7. The number of amides is 1. The van der Waals surface area contributed by atoms with Crippen molar-refractivity contribution in [2.75, 3.05) is 30.3 Å². The van der Waals surface area contributed by atoms with Crippen LogP contribution in [0.1, 0.15) is 63.9 Å². The second-order valence-electron chi connectivity index (χ2n) is 9.88. The van der Waals surface area contributed by atoms with Gasteiger partial charge in [-0.3, -0.25) is 4.79 Å². The number of nitrogens with zero attached hydrogens (tertiary/aromatic N) is 5. The van der Waals surface area contributed by atoms with Crippen LogP contribution in [-0.4, -0.2) is 51.0 Å². The Kier molecular flexibility index (Phi) is 8.01. The number of carbonyl (C=O) groups excluding carboxylic acids is 1. The van der Waals surface area contributed by atoms with E-state index >= 15 is 0 Å². The van der Waals surface area contributed by atoms with Gasteiger partial charge in [-0.1, -0.05) is 55.3 Å². The van der Waals surface area contributed by atoms with Crippen LogP contribution >= 0.6 is 23.4 Å². The average Bonchev–Trinajstić information content (AvgIpc) is 3.56. The van der Waals surface area contributed by atoms with Crippen LogP contribution in [0.2, 0.25) is 5.02 Å². The fourth-order valence-electron chi connectivity index (χ4n) is 5.53. The molecule has 9 heteroatoms. The first-order chi connectivity index (χ1) is 17.6. The summed E-state index contributed by atoms with van der Waals surface area (Å²) in [6.07, 6.45) is 10.5. The zero-order valence-electron chi connectivity index (χ0n) is 21.0. The summed E-state index contributed by atoms with van der Waals surface area (Å²) in [5, 5.41) is 10.4. The maximum atomic E-state index is 13.5. The second kappa shape index (κ2) is 11.4. The standard InChI is InChI=1S/C27H35ClN6OS/c1-2-18-36-26-31-23(33-15-6-3-7-16-33)22-19-30-34(24(22)32-26)17-14-29-25(35)27(12-4-5-13-27)20-8-10-21(28)11-9-20/h8-11,19H,2-7,12-18H2,1H3,(H,29,35). The highest BCUT2D eigenvalue weighted by molar-refractivity contribution is 7.99. The summed E-state index contributed by atoms with van der Waals surface area (Å²) in [5.41, 5.74) is 1.44. The van der Waals surface area contributed by atoms with Crippen molar-refractivity contribution in [3.63, 3.8) is 0 Å². The highest BCUT2D eigenvalue weighted by Gasteiger charge is 2.42. The minimum Gasteiger partial charge on any atom is -0.356 e. The topological polar surface area (TPSA) is 75.9 Å². The van der Waals surface area contributed by atoms with Gasteiger partial charge in [0.05, 0.1) is 23.5 Å². The van der Waals surface area contributed by atoms with Crippen LogP contribution in [0.4, 0.5) is 5.82 Å². The van der Waals surface area contributed by atoms with E-state index in [4.69, 9.17) is 21.6 Å². The van der Waals surface area contributed by atoms with E-state index in [2.05, 4.69) is 22.2 Å². The summed E-state index contributed by atoms with van der Waals surface area (Å²) >= 11 is 7.81. The van der Waals surface area contributed by atoms with Gasteiger partial charge < -0.3 is 10.2 Å². The van der Waals surface area contributed by atoms with Gasteiger partial charge in [-0.25, -0.2) is 14.6 Å². The first kappa shape index (κ1) is 25.3. The number of piperidine rings is 1.